The van der Waals surface area contributed by atoms with E-state index in [0.717, 1.165) is 11.5 Å². The van der Waals surface area contributed by atoms with E-state index in [1.54, 1.807) is 0 Å². The number of imidazole rings is 1. The van der Waals surface area contributed by atoms with Crippen LogP contribution in [0.25, 0.3) is 11.2 Å². The molecule has 0 fully saturated rings. The Bertz CT molecular complexity index is 1190. The lowest BCUT2D eigenvalue weighted by molar-refractivity contribution is -0.146. The molecule has 0 aliphatic rings. The summed E-state index contributed by atoms with van der Waals surface area (Å²) in [5, 5.41) is 2.56. The molecule has 0 aliphatic carbocycles. The number of nitrogens with zero attached hydrogens (tertiary/aromatic N) is 4. The van der Waals surface area contributed by atoms with Gasteiger partial charge in [0.05, 0.1) is 12.2 Å². The Morgan fingerprint density at radius 3 is 2.34 bits per heavy atom. The third-order valence-electron chi connectivity index (χ3n) is 4.72. The topological polar surface area (TPSA) is 90.9 Å². The van der Waals surface area contributed by atoms with Gasteiger partial charge in [-0.2, -0.15) is 13.2 Å². The van der Waals surface area contributed by atoms with Gasteiger partial charge < -0.3 is 9.88 Å². The van der Waals surface area contributed by atoms with Crippen LogP contribution in [0.5, 0.6) is 0 Å². The Morgan fingerprint density at radius 1 is 1.14 bits per heavy atom. The number of benzene rings is 1. The van der Waals surface area contributed by atoms with Crippen molar-refractivity contribution in [1.29, 1.82) is 0 Å². The van der Waals surface area contributed by atoms with Crippen LogP contribution >= 0.6 is 0 Å². The maximum absolute atomic E-state index is 12.8. The maximum Gasteiger partial charge on any atom is 0.395 e. The van der Waals surface area contributed by atoms with Crippen molar-refractivity contribution in [1.82, 2.24) is 18.7 Å². The molecular weight excluding hydrogens is 391 g/mol. The van der Waals surface area contributed by atoms with Gasteiger partial charge >= 0.3 is 11.9 Å². The van der Waals surface area contributed by atoms with E-state index < -0.39 is 29.3 Å². The summed E-state index contributed by atoms with van der Waals surface area (Å²) in [4.78, 5) is 40.7. The van der Waals surface area contributed by atoms with Crippen molar-refractivity contribution < 1.29 is 18.0 Å². The highest BCUT2D eigenvalue weighted by atomic mass is 19.4. The standard InChI is InChI=1S/C18H18F3N5O3/c1-10(18(19,20)21)11-4-6-12(7-5-11)23-13(27)8-26-9-22-15-14(26)16(28)25(3)17(29)24(15)2/h4-7,9-10H,8H2,1-3H3,(H,23,27). The van der Waals surface area contributed by atoms with Crippen molar-refractivity contribution in [3.05, 3.63) is 57.0 Å². The third kappa shape index (κ3) is 3.80. The fourth-order valence-corrected chi connectivity index (χ4v) is 2.92. The number of halogens is 3. The molecule has 3 rings (SSSR count). The molecule has 2 aromatic heterocycles. The smallest absolute Gasteiger partial charge is 0.325 e. The predicted octanol–water partition coefficient (Wildman–Crippen LogP) is 1.74. The SMILES string of the molecule is CC(c1ccc(NC(=O)Cn2cnc3c2c(=O)n(C)c(=O)n3C)cc1)C(F)(F)F. The lowest BCUT2D eigenvalue weighted by Gasteiger charge is -2.16. The number of rotatable bonds is 4. The molecule has 0 bridgehead atoms. The second-order valence-corrected chi connectivity index (χ2v) is 6.68. The molecule has 3 aromatic rings. The number of hydrogen-bond acceptors (Lipinski definition) is 4. The number of carbonyl (C=O) groups excluding carboxylic acids is 1. The molecule has 1 atom stereocenters. The van der Waals surface area contributed by atoms with Crippen LogP contribution in [0.15, 0.2) is 40.2 Å². The molecule has 0 aliphatic heterocycles. The highest BCUT2D eigenvalue weighted by Crippen LogP contribution is 2.34. The Balaban J connectivity index is 1.80. The average molecular weight is 409 g/mol. The Labute approximate surface area is 162 Å². The van der Waals surface area contributed by atoms with Crippen LogP contribution in [0.4, 0.5) is 18.9 Å². The van der Waals surface area contributed by atoms with E-state index in [1.807, 2.05) is 0 Å². The number of aryl methyl sites for hydroxylation is 1. The average Bonchev–Trinajstić information content (AvgIpc) is 3.07. The van der Waals surface area contributed by atoms with Crippen molar-refractivity contribution >= 4 is 22.8 Å². The first-order valence-corrected chi connectivity index (χ1v) is 8.58. The number of anilines is 1. The Hall–Kier alpha value is -3.37. The molecular formula is C18H18F3N5O3. The highest BCUT2D eigenvalue weighted by molar-refractivity contribution is 5.91. The summed E-state index contributed by atoms with van der Waals surface area (Å²) < 4.78 is 41.7. The second-order valence-electron chi connectivity index (χ2n) is 6.68. The van der Waals surface area contributed by atoms with E-state index in [4.69, 9.17) is 0 Å². The van der Waals surface area contributed by atoms with E-state index in [9.17, 15) is 27.6 Å². The number of amides is 1. The van der Waals surface area contributed by atoms with Crippen LogP contribution < -0.4 is 16.6 Å². The van der Waals surface area contributed by atoms with E-state index >= 15 is 0 Å². The van der Waals surface area contributed by atoms with Crippen molar-refractivity contribution in [2.24, 2.45) is 14.1 Å². The molecule has 1 aromatic carbocycles. The summed E-state index contributed by atoms with van der Waals surface area (Å²) in [5.74, 6) is -2.12. The van der Waals surface area contributed by atoms with Gasteiger partial charge in [0.1, 0.15) is 6.54 Å². The number of nitrogens with one attached hydrogen (secondary N) is 1. The Kier molecular flexibility index (Phi) is 5.07. The van der Waals surface area contributed by atoms with Crippen molar-refractivity contribution in [3.63, 3.8) is 0 Å². The van der Waals surface area contributed by atoms with Crippen LogP contribution in [0, 0.1) is 0 Å². The summed E-state index contributed by atoms with van der Waals surface area (Å²) in [6, 6.07) is 5.35. The van der Waals surface area contributed by atoms with Gasteiger partial charge in [0.2, 0.25) is 5.91 Å². The van der Waals surface area contributed by atoms with Crippen LogP contribution in [-0.4, -0.2) is 30.8 Å². The monoisotopic (exact) mass is 409 g/mol. The van der Waals surface area contributed by atoms with Gasteiger partial charge in [-0.1, -0.05) is 12.1 Å². The fourth-order valence-electron chi connectivity index (χ4n) is 2.92. The number of fused-ring (bicyclic) bond motifs is 1. The van der Waals surface area contributed by atoms with Crippen LogP contribution in [0.2, 0.25) is 0 Å². The number of carbonyl (C=O) groups is 1. The molecule has 8 nitrogen and oxygen atoms in total. The predicted molar refractivity (Wildman–Crippen MR) is 99.8 cm³/mol. The fraction of sp³-hybridized carbons (Fsp3) is 0.333. The van der Waals surface area contributed by atoms with Gasteiger partial charge in [0.25, 0.3) is 5.56 Å². The first kappa shape index (κ1) is 20.4. The molecule has 29 heavy (non-hydrogen) atoms. The zero-order chi connectivity index (χ0) is 21.5. The molecule has 0 saturated carbocycles. The molecule has 1 N–H and O–H groups in total. The van der Waals surface area contributed by atoms with Gasteiger partial charge in [0, 0.05) is 19.8 Å². The van der Waals surface area contributed by atoms with Gasteiger partial charge in [-0.3, -0.25) is 18.7 Å². The lowest BCUT2D eigenvalue weighted by Crippen LogP contribution is -2.37. The summed E-state index contributed by atoms with van der Waals surface area (Å²) in [6.45, 7) is 0.802. The summed E-state index contributed by atoms with van der Waals surface area (Å²) in [5.41, 5.74) is -0.474. The van der Waals surface area contributed by atoms with Crippen molar-refractivity contribution in [2.45, 2.75) is 25.6 Å². The molecule has 0 radical (unpaired) electrons. The molecule has 11 heteroatoms. The quantitative estimate of drug-likeness (QED) is 0.711. The molecule has 1 unspecified atom stereocenters. The van der Waals surface area contributed by atoms with Crippen LogP contribution in [0.1, 0.15) is 18.4 Å². The molecule has 0 spiro atoms. The number of aromatic nitrogens is 4. The van der Waals surface area contributed by atoms with Gasteiger partial charge in [-0.05, 0) is 24.6 Å². The van der Waals surface area contributed by atoms with Gasteiger partial charge in [0.15, 0.2) is 11.2 Å². The third-order valence-corrected chi connectivity index (χ3v) is 4.72. The van der Waals surface area contributed by atoms with E-state index in [0.29, 0.717) is 5.69 Å². The maximum atomic E-state index is 12.8. The van der Waals surface area contributed by atoms with Crippen LogP contribution in [0.3, 0.4) is 0 Å². The summed E-state index contributed by atoms with van der Waals surface area (Å²) >= 11 is 0. The zero-order valence-electron chi connectivity index (χ0n) is 15.8. The molecule has 1 amide bonds. The van der Waals surface area contributed by atoms with E-state index in [1.165, 1.54) is 53.8 Å². The first-order valence-electron chi connectivity index (χ1n) is 8.58. The highest BCUT2D eigenvalue weighted by Gasteiger charge is 2.36. The van der Waals surface area contributed by atoms with E-state index in [2.05, 4.69) is 10.3 Å². The van der Waals surface area contributed by atoms with Gasteiger partial charge in [-0.15, -0.1) is 0 Å². The van der Waals surface area contributed by atoms with Crippen molar-refractivity contribution in [2.75, 3.05) is 5.32 Å². The summed E-state index contributed by atoms with van der Waals surface area (Å²) in [7, 11) is 2.79. The zero-order valence-corrected chi connectivity index (χ0v) is 15.8. The normalized spacial score (nSPS) is 12.9. The summed E-state index contributed by atoms with van der Waals surface area (Å²) in [6.07, 6.45) is -3.07. The lowest BCUT2D eigenvalue weighted by atomic mass is 10.0. The van der Waals surface area contributed by atoms with E-state index in [-0.39, 0.29) is 23.3 Å². The number of hydrogen-bond donors (Lipinski definition) is 1. The minimum Gasteiger partial charge on any atom is -0.325 e. The molecule has 154 valence electrons. The molecule has 2 heterocycles. The largest absolute Gasteiger partial charge is 0.395 e. The molecule has 0 saturated heterocycles. The van der Waals surface area contributed by atoms with Crippen molar-refractivity contribution in [3.8, 4) is 0 Å². The number of alkyl halides is 3. The first-order chi connectivity index (χ1) is 13.5. The minimum absolute atomic E-state index is 0.0838. The second kappa shape index (κ2) is 7.22. The minimum atomic E-state index is -4.35. The van der Waals surface area contributed by atoms with Crippen LogP contribution in [-0.2, 0) is 25.4 Å². The Morgan fingerprint density at radius 2 is 1.76 bits per heavy atom. The van der Waals surface area contributed by atoms with Gasteiger partial charge in [-0.25, -0.2) is 9.78 Å².